The van der Waals surface area contributed by atoms with E-state index < -0.39 is 29.6 Å². The fraction of sp³-hybridized carbons (Fsp3) is 0.105. The molecule has 0 atom stereocenters. The minimum absolute atomic E-state index is 0.137. The van der Waals surface area contributed by atoms with Crippen LogP contribution in [-0.2, 0) is 17.9 Å². The number of carboxylic acids is 1. The summed E-state index contributed by atoms with van der Waals surface area (Å²) in [6.07, 6.45) is 0. The van der Waals surface area contributed by atoms with Gasteiger partial charge in [-0.15, -0.1) is 11.3 Å². The molecule has 0 saturated heterocycles. The third-order valence-corrected chi connectivity index (χ3v) is 6.29. The first-order valence-corrected chi connectivity index (χ1v) is 10.3. The predicted molar refractivity (Wildman–Crippen MR) is 114 cm³/mol. The van der Waals surface area contributed by atoms with Crippen LogP contribution in [0.5, 0.6) is 0 Å². The molecule has 0 saturated carbocycles. The Balaban J connectivity index is 2.05. The standard InChI is InChI=1S/C19H11BrClFN2O4S/c20-10-2-1-9(13(22)5-10)7-24-18(27)17-16(23(19(24)28)8-15(25)26)12-4-3-11(21)6-14(12)29-17/h1-6H,7-8H2,(H,25,26). The van der Waals surface area contributed by atoms with Crippen LogP contribution in [0.25, 0.3) is 20.3 Å². The third kappa shape index (κ3) is 3.50. The minimum Gasteiger partial charge on any atom is -0.480 e. The Kier molecular flexibility index (Phi) is 5.05. The quantitative estimate of drug-likeness (QED) is 0.461. The fourth-order valence-electron chi connectivity index (χ4n) is 3.16. The summed E-state index contributed by atoms with van der Waals surface area (Å²) in [4.78, 5) is 37.5. The number of thiophene rings is 1. The molecule has 4 aromatic rings. The molecule has 1 N–H and O–H groups in total. The molecule has 148 valence electrons. The lowest BCUT2D eigenvalue weighted by molar-refractivity contribution is -0.137. The molecule has 0 amide bonds. The first-order valence-electron chi connectivity index (χ1n) is 8.27. The van der Waals surface area contributed by atoms with Gasteiger partial charge in [0, 0.05) is 25.1 Å². The zero-order valence-corrected chi connectivity index (χ0v) is 17.6. The van der Waals surface area contributed by atoms with Crippen LogP contribution in [0.3, 0.4) is 0 Å². The molecule has 0 aliphatic carbocycles. The SMILES string of the molecule is O=C(O)Cn1c(=O)n(Cc2ccc(Br)cc2F)c(=O)c2sc3cc(Cl)ccc3c21. The lowest BCUT2D eigenvalue weighted by atomic mass is 10.2. The van der Waals surface area contributed by atoms with Crippen LogP contribution < -0.4 is 11.2 Å². The average molecular weight is 498 g/mol. The molecule has 0 aliphatic rings. The summed E-state index contributed by atoms with van der Waals surface area (Å²) in [7, 11) is 0. The Morgan fingerprint density at radius 2 is 1.93 bits per heavy atom. The Bertz CT molecular complexity index is 1430. The van der Waals surface area contributed by atoms with E-state index in [1.165, 1.54) is 12.1 Å². The van der Waals surface area contributed by atoms with Crippen LogP contribution in [0.1, 0.15) is 5.56 Å². The van der Waals surface area contributed by atoms with Crippen molar-refractivity contribution in [2.75, 3.05) is 0 Å². The molecule has 0 unspecified atom stereocenters. The second-order valence-electron chi connectivity index (χ2n) is 6.31. The first kappa shape index (κ1) is 19.8. The molecule has 10 heteroatoms. The highest BCUT2D eigenvalue weighted by molar-refractivity contribution is 9.10. The first-order chi connectivity index (χ1) is 13.8. The van der Waals surface area contributed by atoms with Gasteiger partial charge in [0.05, 0.1) is 12.1 Å². The highest BCUT2D eigenvalue weighted by Gasteiger charge is 2.20. The molecular formula is C19H11BrClFN2O4S. The van der Waals surface area contributed by atoms with E-state index in [0.29, 0.717) is 19.6 Å². The molecule has 6 nitrogen and oxygen atoms in total. The van der Waals surface area contributed by atoms with Crippen molar-refractivity contribution in [3.63, 3.8) is 0 Å². The van der Waals surface area contributed by atoms with Crippen molar-refractivity contribution in [1.82, 2.24) is 9.13 Å². The van der Waals surface area contributed by atoms with Gasteiger partial charge in [0.1, 0.15) is 17.1 Å². The van der Waals surface area contributed by atoms with Crippen molar-refractivity contribution in [2.45, 2.75) is 13.1 Å². The molecule has 0 bridgehead atoms. The monoisotopic (exact) mass is 496 g/mol. The van der Waals surface area contributed by atoms with Crippen LogP contribution in [0.15, 0.2) is 50.5 Å². The van der Waals surface area contributed by atoms with E-state index in [-0.39, 0.29) is 22.3 Å². The number of fused-ring (bicyclic) bond motifs is 3. The van der Waals surface area contributed by atoms with E-state index >= 15 is 0 Å². The third-order valence-electron chi connectivity index (χ3n) is 4.43. The summed E-state index contributed by atoms with van der Waals surface area (Å²) in [5.74, 6) is -1.82. The van der Waals surface area contributed by atoms with Crippen molar-refractivity contribution >= 4 is 65.1 Å². The van der Waals surface area contributed by atoms with Crippen LogP contribution in [-0.4, -0.2) is 20.2 Å². The maximum Gasteiger partial charge on any atom is 0.332 e. The number of carbonyl (C=O) groups is 1. The lowest BCUT2D eigenvalue weighted by Crippen LogP contribution is -2.41. The van der Waals surface area contributed by atoms with Gasteiger partial charge >= 0.3 is 11.7 Å². The maximum absolute atomic E-state index is 14.3. The normalized spacial score (nSPS) is 11.4. The number of hydrogen-bond donors (Lipinski definition) is 1. The average Bonchev–Trinajstić information content (AvgIpc) is 3.02. The largest absolute Gasteiger partial charge is 0.480 e. The van der Waals surface area contributed by atoms with E-state index in [2.05, 4.69) is 15.9 Å². The van der Waals surface area contributed by atoms with Gasteiger partial charge in [-0.3, -0.25) is 18.7 Å². The Morgan fingerprint density at radius 3 is 2.62 bits per heavy atom. The molecule has 29 heavy (non-hydrogen) atoms. The van der Waals surface area contributed by atoms with Gasteiger partial charge in [-0.2, -0.15) is 0 Å². The molecular weight excluding hydrogens is 487 g/mol. The number of rotatable bonds is 4. The highest BCUT2D eigenvalue weighted by Crippen LogP contribution is 2.33. The molecule has 0 aliphatic heterocycles. The number of aliphatic carboxylic acids is 1. The smallest absolute Gasteiger partial charge is 0.332 e. The predicted octanol–water partition coefficient (Wildman–Crippen LogP) is 4.07. The number of nitrogens with zero attached hydrogens (tertiary/aromatic N) is 2. The molecule has 2 aromatic heterocycles. The summed E-state index contributed by atoms with van der Waals surface area (Å²) < 4.78 is 17.5. The molecule has 2 heterocycles. The van der Waals surface area contributed by atoms with Crippen LogP contribution in [0.2, 0.25) is 5.02 Å². The van der Waals surface area contributed by atoms with E-state index in [4.69, 9.17) is 11.6 Å². The highest BCUT2D eigenvalue weighted by atomic mass is 79.9. The number of aromatic nitrogens is 2. The van der Waals surface area contributed by atoms with Gasteiger partial charge < -0.3 is 5.11 Å². The van der Waals surface area contributed by atoms with E-state index in [1.54, 1.807) is 24.3 Å². The molecule has 0 radical (unpaired) electrons. The summed E-state index contributed by atoms with van der Waals surface area (Å²) >= 11 is 10.3. The molecule has 0 spiro atoms. The van der Waals surface area contributed by atoms with Gasteiger partial charge in [0.15, 0.2) is 0 Å². The summed E-state index contributed by atoms with van der Waals surface area (Å²) in [5.41, 5.74) is -1.04. The van der Waals surface area contributed by atoms with Crippen LogP contribution in [0, 0.1) is 5.82 Å². The molecule has 2 aromatic carbocycles. The van der Waals surface area contributed by atoms with E-state index in [0.717, 1.165) is 20.5 Å². The van der Waals surface area contributed by atoms with Crippen LogP contribution >= 0.6 is 38.9 Å². The fourth-order valence-corrected chi connectivity index (χ4v) is 4.93. The van der Waals surface area contributed by atoms with Crippen molar-refractivity contribution in [3.05, 3.63) is 78.1 Å². The van der Waals surface area contributed by atoms with Crippen molar-refractivity contribution in [1.29, 1.82) is 0 Å². The minimum atomic E-state index is -1.23. The number of halogens is 3. The molecule has 0 fully saturated rings. The van der Waals surface area contributed by atoms with Gasteiger partial charge in [-0.25, -0.2) is 9.18 Å². The second-order valence-corrected chi connectivity index (χ2v) is 8.71. The van der Waals surface area contributed by atoms with Gasteiger partial charge in [-0.05, 0) is 30.3 Å². The van der Waals surface area contributed by atoms with Crippen molar-refractivity contribution in [3.8, 4) is 0 Å². The Labute approximate surface area is 179 Å². The Hall–Kier alpha value is -2.49. The molecule has 4 rings (SSSR count). The zero-order valence-electron chi connectivity index (χ0n) is 14.5. The number of carboxylic acid groups (broad SMARTS) is 1. The van der Waals surface area contributed by atoms with Gasteiger partial charge in [0.2, 0.25) is 0 Å². The van der Waals surface area contributed by atoms with E-state index in [9.17, 15) is 23.9 Å². The summed E-state index contributed by atoms with van der Waals surface area (Å²) in [6.45, 7) is -0.950. The van der Waals surface area contributed by atoms with Crippen molar-refractivity contribution in [2.24, 2.45) is 0 Å². The van der Waals surface area contributed by atoms with Crippen molar-refractivity contribution < 1.29 is 14.3 Å². The topological polar surface area (TPSA) is 81.3 Å². The summed E-state index contributed by atoms with van der Waals surface area (Å²) in [6, 6.07) is 9.19. The van der Waals surface area contributed by atoms with Gasteiger partial charge in [0.25, 0.3) is 5.56 Å². The lowest BCUT2D eigenvalue weighted by Gasteiger charge is -2.11. The zero-order chi connectivity index (χ0) is 20.9. The van der Waals surface area contributed by atoms with Gasteiger partial charge in [-0.1, -0.05) is 33.6 Å². The second kappa shape index (κ2) is 7.40. The Morgan fingerprint density at radius 1 is 1.17 bits per heavy atom. The number of hydrogen-bond acceptors (Lipinski definition) is 4. The number of benzene rings is 2. The maximum atomic E-state index is 14.3. The summed E-state index contributed by atoms with van der Waals surface area (Å²) in [5, 5.41) is 10.3. The van der Waals surface area contributed by atoms with Crippen LogP contribution in [0.4, 0.5) is 4.39 Å². The van der Waals surface area contributed by atoms with E-state index in [1.807, 2.05) is 0 Å².